The average molecular weight is 721 g/mol. The summed E-state index contributed by atoms with van der Waals surface area (Å²) in [6.45, 7) is 1.06. The van der Waals surface area contributed by atoms with Crippen molar-refractivity contribution in [3.63, 3.8) is 0 Å². The van der Waals surface area contributed by atoms with E-state index in [1.54, 1.807) is 6.92 Å². The van der Waals surface area contributed by atoms with Crippen LogP contribution in [0.25, 0.3) is 0 Å². The molecule has 1 saturated carbocycles. The quantitative estimate of drug-likeness (QED) is 0.237. The summed E-state index contributed by atoms with van der Waals surface area (Å²) < 4.78 is 125. The van der Waals surface area contributed by atoms with Gasteiger partial charge in [0.25, 0.3) is 5.95 Å². The van der Waals surface area contributed by atoms with Crippen molar-refractivity contribution in [2.75, 3.05) is 9.80 Å². The summed E-state index contributed by atoms with van der Waals surface area (Å²) >= 11 is 0. The average Bonchev–Trinajstić information content (AvgIpc) is 3.46. The number of alkyl halides is 9. The summed E-state index contributed by atoms with van der Waals surface area (Å²) in [6.07, 6.45) is -13.3. The van der Waals surface area contributed by atoms with Crippen molar-refractivity contribution >= 4 is 23.5 Å². The van der Waals surface area contributed by atoms with E-state index in [0.29, 0.717) is 44.2 Å². The number of fused-ring (bicyclic) bond motifs is 1. The second-order valence-electron chi connectivity index (χ2n) is 12.7. The lowest BCUT2D eigenvalue weighted by Crippen LogP contribution is -2.50. The summed E-state index contributed by atoms with van der Waals surface area (Å²) in [4.78, 5) is 29.0. The Hall–Kier alpha value is -4.38. The topological polar surface area (TPSA) is 104 Å². The molecular formula is C32H33F9N6O3. The van der Waals surface area contributed by atoms with Crippen LogP contribution in [0.15, 0.2) is 36.4 Å². The molecule has 2 aliphatic rings. The van der Waals surface area contributed by atoms with E-state index >= 15 is 0 Å². The minimum atomic E-state index is -5.15. The number of anilines is 2. The Balaban J connectivity index is 1.61. The van der Waals surface area contributed by atoms with Crippen molar-refractivity contribution in [2.24, 2.45) is 18.9 Å². The van der Waals surface area contributed by atoms with E-state index in [2.05, 4.69) is 15.4 Å². The number of amides is 1. The molecule has 272 valence electrons. The van der Waals surface area contributed by atoms with E-state index in [1.165, 1.54) is 16.8 Å². The number of aliphatic carboxylic acids is 1. The van der Waals surface area contributed by atoms with Gasteiger partial charge in [0.1, 0.15) is 0 Å². The zero-order chi connectivity index (χ0) is 36.8. The molecule has 1 amide bonds. The number of carboxylic acids is 1. The van der Waals surface area contributed by atoms with Gasteiger partial charge in [0, 0.05) is 30.6 Å². The molecule has 50 heavy (non-hydrogen) atoms. The second-order valence-corrected chi connectivity index (χ2v) is 12.7. The highest BCUT2D eigenvalue weighted by atomic mass is 19.4. The zero-order valence-corrected chi connectivity index (χ0v) is 26.8. The van der Waals surface area contributed by atoms with Crippen molar-refractivity contribution in [1.82, 2.24) is 20.2 Å². The smallest absolute Gasteiger partial charge is 0.416 e. The van der Waals surface area contributed by atoms with Gasteiger partial charge in [0.05, 0.1) is 29.8 Å². The summed E-state index contributed by atoms with van der Waals surface area (Å²) in [6, 6.07) is 2.02. The standard InChI is InChI=1S/C32H33F9N6O3/c1-3-23-15-26(46(29-42-44-45(2)43-29)16-18-10-21(31(36,37)38)13-22(11-18)32(39,40)41)24-14-20(30(33,34)35)8-9-25(24)47(23)28(50)19-6-4-17(5-7-19)12-27(48)49/h8-11,13-14,17,19,23,26H,3-7,12,15-16H2,1-2H3,(H,48,49)/t17-,19+,23-,26?/m1/s1. The number of aromatic nitrogens is 4. The number of aryl methyl sites for hydroxylation is 1. The lowest BCUT2D eigenvalue weighted by molar-refractivity contribution is -0.143. The van der Waals surface area contributed by atoms with Gasteiger partial charge in [-0.05, 0) is 97.2 Å². The van der Waals surface area contributed by atoms with Gasteiger partial charge in [-0.15, -0.1) is 5.10 Å². The summed E-state index contributed by atoms with van der Waals surface area (Å²) in [5.41, 5.74) is -4.63. The van der Waals surface area contributed by atoms with E-state index in [9.17, 15) is 54.2 Å². The molecular weight excluding hydrogens is 687 g/mol. The number of nitrogens with zero attached hydrogens (tertiary/aromatic N) is 6. The van der Waals surface area contributed by atoms with Crippen LogP contribution in [0.4, 0.5) is 51.1 Å². The van der Waals surface area contributed by atoms with Gasteiger partial charge in [0.15, 0.2) is 0 Å². The lowest BCUT2D eigenvalue weighted by Gasteiger charge is -2.46. The van der Waals surface area contributed by atoms with Gasteiger partial charge in [-0.3, -0.25) is 9.59 Å². The van der Waals surface area contributed by atoms with E-state index < -0.39 is 71.3 Å². The number of tetrazole rings is 1. The van der Waals surface area contributed by atoms with Crippen LogP contribution < -0.4 is 9.80 Å². The Kier molecular flexibility index (Phi) is 10.1. The third-order valence-corrected chi connectivity index (χ3v) is 9.33. The summed E-state index contributed by atoms with van der Waals surface area (Å²) in [5.74, 6) is -2.23. The van der Waals surface area contributed by atoms with Gasteiger partial charge < -0.3 is 14.9 Å². The molecule has 3 aromatic rings. The maximum Gasteiger partial charge on any atom is 0.416 e. The first-order valence-corrected chi connectivity index (χ1v) is 15.8. The van der Waals surface area contributed by atoms with Gasteiger partial charge >= 0.3 is 24.5 Å². The number of rotatable bonds is 8. The molecule has 1 fully saturated rings. The highest BCUT2D eigenvalue weighted by molar-refractivity contribution is 5.97. The molecule has 1 N–H and O–H groups in total. The Morgan fingerprint density at radius 1 is 0.880 bits per heavy atom. The summed E-state index contributed by atoms with van der Waals surface area (Å²) in [7, 11) is 1.36. The molecule has 0 spiro atoms. The first-order valence-electron chi connectivity index (χ1n) is 15.8. The molecule has 0 saturated heterocycles. The van der Waals surface area contributed by atoms with E-state index in [4.69, 9.17) is 0 Å². The molecule has 2 aromatic carbocycles. The Bertz CT molecular complexity index is 1680. The monoisotopic (exact) mass is 720 g/mol. The number of carboxylic acid groups (broad SMARTS) is 1. The fourth-order valence-corrected chi connectivity index (χ4v) is 6.92. The normalized spacial score (nSPS) is 21.5. The number of carbonyl (C=O) groups is 2. The van der Waals surface area contributed by atoms with Crippen LogP contribution in [0.2, 0.25) is 0 Å². The van der Waals surface area contributed by atoms with Crippen molar-refractivity contribution < 1.29 is 54.2 Å². The molecule has 9 nitrogen and oxygen atoms in total. The number of carbonyl (C=O) groups excluding carboxylic acids is 1. The van der Waals surface area contributed by atoms with E-state index in [0.717, 1.165) is 23.0 Å². The van der Waals surface area contributed by atoms with Gasteiger partial charge in [-0.2, -0.15) is 44.3 Å². The third-order valence-electron chi connectivity index (χ3n) is 9.33. The molecule has 0 radical (unpaired) electrons. The first kappa shape index (κ1) is 36.9. The van der Waals surface area contributed by atoms with E-state index in [-0.39, 0.29) is 47.9 Å². The van der Waals surface area contributed by atoms with Crippen molar-refractivity contribution in [3.05, 3.63) is 64.2 Å². The number of halogens is 9. The molecule has 18 heteroatoms. The molecule has 1 unspecified atom stereocenters. The highest BCUT2D eigenvalue weighted by Crippen LogP contribution is 2.47. The molecule has 1 aromatic heterocycles. The minimum absolute atomic E-state index is 0.0221. The molecule has 1 aliphatic heterocycles. The van der Waals surface area contributed by atoms with Crippen LogP contribution in [0.5, 0.6) is 0 Å². The number of hydrogen-bond acceptors (Lipinski definition) is 6. The van der Waals surface area contributed by atoms with Crippen LogP contribution in [0.1, 0.15) is 85.7 Å². The predicted octanol–water partition coefficient (Wildman–Crippen LogP) is 7.81. The van der Waals surface area contributed by atoms with E-state index in [1.807, 2.05) is 0 Å². The van der Waals surface area contributed by atoms with Crippen LogP contribution in [-0.2, 0) is 41.7 Å². The van der Waals surface area contributed by atoms with Crippen LogP contribution in [0, 0.1) is 11.8 Å². The fraction of sp³-hybridized carbons (Fsp3) is 0.531. The predicted molar refractivity (Wildman–Crippen MR) is 159 cm³/mol. The summed E-state index contributed by atoms with van der Waals surface area (Å²) in [5, 5.41) is 20.9. The van der Waals surface area contributed by atoms with Crippen molar-refractivity contribution in [2.45, 2.75) is 89.0 Å². The number of benzene rings is 2. The lowest BCUT2D eigenvalue weighted by atomic mass is 9.79. The maximum atomic E-state index is 14.1. The molecule has 2 heterocycles. The third kappa shape index (κ3) is 7.98. The number of hydrogen-bond donors (Lipinski definition) is 1. The first-order chi connectivity index (χ1) is 23.3. The Morgan fingerprint density at radius 2 is 1.48 bits per heavy atom. The molecule has 2 atom stereocenters. The fourth-order valence-electron chi connectivity index (χ4n) is 6.92. The molecule has 1 aliphatic carbocycles. The second kappa shape index (κ2) is 13.7. The van der Waals surface area contributed by atoms with Crippen molar-refractivity contribution in [1.29, 1.82) is 0 Å². The zero-order valence-electron chi connectivity index (χ0n) is 26.8. The highest BCUT2D eigenvalue weighted by Gasteiger charge is 2.44. The SMILES string of the molecule is CC[C@@H]1CC(N(Cc2cc(C(F)(F)F)cc(C(F)(F)F)c2)c2nnn(C)n2)c2cc(C(F)(F)F)ccc2N1C(=O)[C@H]1CC[C@@H](CC(=O)O)CC1. The van der Waals surface area contributed by atoms with Crippen molar-refractivity contribution in [3.8, 4) is 0 Å². The van der Waals surface area contributed by atoms with Crippen LogP contribution >= 0.6 is 0 Å². The van der Waals surface area contributed by atoms with Gasteiger partial charge in [0.2, 0.25) is 5.91 Å². The largest absolute Gasteiger partial charge is 0.481 e. The Labute approximate surface area is 280 Å². The van der Waals surface area contributed by atoms with Crippen LogP contribution in [0.3, 0.4) is 0 Å². The molecule has 0 bridgehead atoms. The van der Waals surface area contributed by atoms with Crippen LogP contribution in [-0.4, -0.2) is 43.2 Å². The van der Waals surface area contributed by atoms with Gasteiger partial charge in [-0.1, -0.05) is 12.0 Å². The molecule has 5 rings (SSSR count). The van der Waals surface area contributed by atoms with Gasteiger partial charge in [-0.25, -0.2) is 0 Å². The maximum absolute atomic E-state index is 14.1. The Morgan fingerprint density at radius 3 is 1.98 bits per heavy atom. The minimum Gasteiger partial charge on any atom is -0.481 e.